The molecule has 2 rings (SSSR count). The lowest BCUT2D eigenvalue weighted by molar-refractivity contribution is 0.366. The third-order valence-electron chi connectivity index (χ3n) is 2.97. The Morgan fingerprint density at radius 3 is 2.67 bits per heavy atom. The molecule has 0 atom stereocenters. The molecule has 1 aromatic heterocycles. The lowest BCUT2D eigenvalue weighted by atomic mass is 9.84. The molecular formula is C14H15N3O. The summed E-state index contributed by atoms with van der Waals surface area (Å²) in [6, 6.07) is 12.1. The summed E-state index contributed by atoms with van der Waals surface area (Å²) in [4.78, 5) is 4.37. The van der Waals surface area contributed by atoms with E-state index in [0.717, 1.165) is 5.56 Å². The number of nitriles is 1. The summed E-state index contributed by atoms with van der Waals surface area (Å²) in [6.07, 6.45) is 0.905. The van der Waals surface area contributed by atoms with E-state index in [4.69, 9.17) is 9.78 Å². The Bertz CT molecular complexity index is 552. The Balaban J connectivity index is 2.25. The molecule has 0 N–H and O–H groups in total. The molecule has 0 aliphatic rings. The molecule has 1 heterocycles. The summed E-state index contributed by atoms with van der Waals surface area (Å²) in [5.41, 5.74) is 0.841. The van der Waals surface area contributed by atoms with Crippen molar-refractivity contribution in [3.8, 4) is 6.07 Å². The number of aromatic nitrogens is 2. The number of hydrogen-bond acceptors (Lipinski definition) is 4. The third kappa shape index (κ3) is 2.40. The topological polar surface area (TPSA) is 62.7 Å². The van der Waals surface area contributed by atoms with E-state index in [1.54, 1.807) is 0 Å². The third-order valence-corrected chi connectivity index (χ3v) is 2.97. The Labute approximate surface area is 106 Å². The fraction of sp³-hybridized carbons (Fsp3) is 0.357. The van der Waals surface area contributed by atoms with Crippen LogP contribution >= 0.6 is 0 Å². The van der Waals surface area contributed by atoms with Gasteiger partial charge in [0.05, 0.1) is 11.5 Å². The first-order valence-corrected chi connectivity index (χ1v) is 5.90. The predicted octanol–water partition coefficient (Wildman–Crippen LogP) is 2.85. The van der Waals surface area contributed by atoms with Gasteiger partial charge in [0.1, 0.15) is 0 Å². The van der Waals surface area contributed by atoms with Crippen LogP contribution in [0.15, 0.2) is 34.9 Å². The molecule has 0 spiro atoms. The summed E-state index contributed by atoms with van der Waals surface area (Å²) in [6.45, 7) is 4.11. The second kappa shape index (κ2) is 5.01. The normalized spacial score (nSPS) is 11.2. The Hall–Kier alpha value is -2.15. The van der Waals surface area contributed by atoms with Crippen LogP contribution in [-0.4, -0.2) is 10.1 Å². The second-order valence-electron chi connectivity index (χ2n) is 4.66. The zero-order chi connectivity index (χ0) is 13.0. The first-order chi connectivity index (χ1) is 8.64. The van der Waals surface area contributed by atoms with Crippen molar-refractivity contribution in [3.05, 3.63) is 47.6 Å². The number of hydrogen-bond donors (Lipinski definition) is 0. The van der Waals surface area contributed by atoms with Gasteiger partial charge in [0.25, 0.3) is 0 Å². The molecule has 4 nitrogen and oxygen atoms in total. The van der Waals surface area contributed by atoms with E-state index in [0.29, 0.717) is 24.6 Å². The van der Waals surface area contributed by atoms with Gasteiger partial charge in [-0.15, -0.1) is 0 Å². The van der Waals surface area contributed by atoms with Crippen molar-refractivity contribution in [3.63, 3.8) is 0 Å². The Morgan fingerprint density at radius 2 is 2.00 bits per heavy atom. The maximum absolute atomic E-state index is 8.53. The monoisotopic (exact) mass is 241 g/mol. The summed E-state index contributed by atoms with van der Waals surface area (Å²) in [5.74, 6) is 1.18. The molecule has 0 radical (unpaired) electrons. The van der Waals surface area contributed by atoms with Gasteiger partial charge in [0, 0.05) is 12.8 Å². The number of aryl methyl sites for hydroxylation is 1. The summed E-state index contributed by atoms with van der Waals surface area (Å²) in [5, 5.41) is 12.6. The van der Waals surface area contributed by atoms with Crippen LogP contribution < -0.4 is 0 Å². The smallest absolute Gasteiger partial charge is 0.227 e. The molecule has 0 amide bonds. The zero-order valence-corrected chi connectivity index (χ0v) is 10.6. The van der Waals surface area contributed by atoms with Gasteiger partial charge in [-0.25, -0.2) is 0 Å². The van der Waals surface area contributed by atoms with Gasteiger partial charge >= 0.3 is 0 Å². The lowest BCUT2D eigenvalue weighted by Gasteiger charge is -2.20. The van der Waals surface area contributed by atoms with Crippen molar-refractivity contribution in [2.45, 2.75) is 32.1 Å². The van der Waals surface area contributed by atoms with Crippen LogP contribution in [0.3, 0.4) is 0 Å². The van der Waals surface area contributed by atoms with E-state index in [1.165, 1.54) is 0 Å². The second-order valence-corrected chi connectivity index (χ2v) is 4.66. The summed E-state index contributed by atoms with van der Waals surface area (Å²) < 4.78 is 5.16. The van der Waals surface area contributed by atoms with Crippen LogP contribution in [0.4, 0.5) is 0 Å². The molecule has 0 saturated heterocycles. The van der Waals surface area contributed by atoms with E-state index in [1.807, 2.05) is 30.3 Å². The van der Waals surface area contributed by atoms with Crippen LogP contribution in [0.5, 0.6) is 0 Å². The minimum absolute atomic E-state index is 0.296. The van der Waals surface area contributed by atoms with Crippen molar-refractivity contribution in [1.29, 1.82) is 5.26 Å². The van der Waals surface area contributed by atoms with Gasteiger partial charge in [0.2, 0.25) is 5.89 Å². The SMILES string of the molecule is CC(C)(c1ccccc1)c1noc(CCC#N)n1. The maximum atomic E-state index is 8.53. The number of nitrogens with zero attached hydrogens (tertiary/aromatic N) is 3. The molecule has 2 aromatic rings. The van der Waals surface area contributed by atoms with E-state index in [9.17, 15) is 0 Å². The highest BCUT2D eigenvalue weighted by Gasteiger charge is 2.28. The highest BCUT2D eigenvalue weighted by atomic mass is 16.5. The molecule has 92 valence electrons. The van der Waals surface area contributed by atoms with Gasteiger partial charge in [0.15, 0.2) is 5.82 Å². The van der Waals surface area contributed by atoms with Gasteiger partial charge in [-0.2, -0.15) is 10.2 Å². The summed E-state index contributed by atoms with van der Waals surface area (Å²) in [7, 11) is 0. The van der Waals surface area contributed by atoms with Crippen LogP contribution in [0.25, 0.3) is 0 Å². The molecule has 4 heteroatoms. The lowest BCUT2D eigenvalue weighted by Crippen LogP contribution is -2.20. The molecular weight excluding hydrogens is 226 g/mol. The van der Waals surface area contributed by atoms with Crippen molar-refractivity contribution < 1.29 is 4.52 Å². The maximum Gasteiger partial charge on any atom is 0.227 e. The van der Waals surface area contributed by atoms with Crippen molar-refractivity contribution in [2.75, 3.05) is 0 Å². The molecule has 1 aromatic carbocycles. The number of benzene rings is 1. The molecule has 0 saturated carbocycles. The molecule has 0 aliphatic carbocycles. The fourth-order valence-electron chi connectivity index (χ4n) is 1.76. The fourth-order valence-corrected chi connectivity index (χ4v) is 1.76. The van der Waals surface area contributed by atoms with Crippen molar-refractivity contribution >= 4 is 0 Å². The average molecular weight is 241 g/mol. The minimum atomic E-state index is -0.296. The zero-order valence-electron chi connectivity index (χ0n) is 10.6. The number of rotatable bonds is 4. The van der Waals surface area contributed by atoms with Gasteiger partial charge < -0.3 is 4.52 Å². The standard InChI is InChI=1S/C14H15N3O/c1-14(2,11-7-4-3-5-8-11)13-16-12(18-17-13)9-6-10-15/h3-5,7-8H,6,9H2,1-2H3. The highest BCUT2D eigenvalue weighted by molar-refractivity contribution is 5.30. The van der Waals surface area contributed by atoms with E-state index < -0.39 is 0 Å². The average Bonchev–Trinajstić information content (AvgIpc) is 2.87. The Kier molecular flexibility index (Phi) is 3.42. The molecule has 0 bridgehead atoms. The summed E-state index contributed by atoms with van der Waals surface area (Å²) >= 11 is 0. The van der Waals surface area contributed by atoms with Crippen molar-refractivity contribution in [2.24, 2.45) is 0 Å². The van der Waals surface area contributed by atoms with E-state index in [-0.39, 0.29) is 5.41 Å². The molecule has 18 heavy (non-hydrogen) atoms. The first kappa shape index (κ1) is 12.3. The highest BCUT2D eigenvalue weighted by Crippen LogP contribution is 2.28. The van der Waals surface area contributed by atoms with Crippen LogP contribution in [0.2, 0.25) is 0 Å². The van der Waals surface area contributed by atoms with E-state index >= 15 is 0 Å². The quantitative estimate of drug-likeness (QED) is 0.825. The van der Waals surface area contributed by atoms with Crippen LogP contribution in [-0.2, 0) is 11.8 Å². The van der Waals surface area contributed by atoms with E-state index in [2.05, 4.69) is 30.1 Å². The first-order valence-electron chi connectivity index (χ1n) is 5.90. The minimum Gasteiger partial charge on any atom is -0.339 e. The molecule has 0 aliphatic heterocycles. The Morgan fingerprint density at radius 1 is 1.28 bits per heavy atom. The van der Waals surface area contributed by atoms with Gasteiger partial charge in [-0.3, -0.25) is 0 Å². The van der Waals surface area contributed by atoms with Gasteiger partial charge in [-0.1, -0.05) is 35.5 Å². The van der Waals surface area contributed by atoms with Crippen LogP contribution in [0.1, 0.15) is 37.5 Å². The molecule has 0 unspecified atom stereocenters. The largest absolute Gasteiger partial charge is 0.339 e. The predicted molar refractivity (Wildman–Crippen MR) is 66.8 cm³/mol. The van der Waals surface area contributed by atoms with Crippen LogP contribution in [0, 0.1) is 11.3 Å². The van der Waals surface area contributed by atoms with Gasteiger partial charge in [-0.05, 0) is 19.4 Å². The van der Waals surface area contributed by atoms with Crippen molar-refractivity contribution in [1.82, 2.24) is 10.1 Å². The molecule has 0 fully saturated rings.